The lowest BCUT2D eigenvalue weighted by molar-refractivity contribution is -0.115. The third kappa shape index (κ3) is 6.63. The predicted octanol–water partition coefficient (Wildman–Crippen LogP) is 1.94. The summed E-state index contributed by atoms with van der Waals surface area (Å²) in [6.45, 7) is 6.24. The lowest BCUT2D eigenvalue weighted by Gasteiger charge is -2.28. The molecule has 0 bridgehead atoms. The number of hydrogen-bond acceptors (Lipinski definition) is 3. The summed E-state index contributed by atoms with van der Waals surface area (Å²) in [5.74, 6) is -0.441. The molecular weight excluding hydrogens is 257 g/mol. The number of hydrogen-bond donors (Lipinski definition) is 2. The number of carbonyl (C=O) groups is 1. The van der Waals surface area contributed by atoms with Gasteiger partial charge in [-0.25, -0.2) is 4.39 Å². The molecule has 2 N–H and O–H groups in total. The van der Waals surface area contributed by atoms with Crippen molar-refractivity contribution >= 4 is 11.6 Å². The Morgan fingerprint density at radius 3 is 2.40 bits per heavy atom. The second-order valence-corrected chi connectivity index (χ2v) is 6.06. The van der Waals surface area contributed by atoms with Gasteiger partial charge in [-0.05, 0) is 43.8 Å². The van der Waals surface area contributed by atoms with Crippen LogP contribution in [-0.4, -0.2) is 44.5 Å². The van der Waals surface area contributed by atoms with Gasteiger partial charge in [0.25, 0.3) is 0 Å². The standard InChI is InChI=1S/C15H24FN3O/c1-15(2,11-19(3)4)10-17-9-14(20)18-13-7-5-12(16)6-8-13/h5-8,17H,9-11H2,1-4H3,(H,18,20). The zero-order valence-corrected chi connectivity index (χ0v) is 12.7. The molecule has 0 aliphatic heterocycles. The van der Waals surface area contributed by atoms with Crippen molar-refractivity contribution in [3.05, 3.63) is 30.1 Å². The molecule has 0 aliphatic rings. The molecular formula is C15H24FN3O. The molecule has 1 aromatic carbocycles. The lowest BCUT2D eigenvalue weighted by atomic mass is 9.93. The SMILES string of the molecule is CN(C)CC(C)(C)CNCC(=O)Nc1ccc(F)cc1. The topological polar surface area (TPSA) is 44.4 Å². The molecule has 1 aromatic rings. The molecule has 112 valence electrons. The van der Waals surface area contributed by atoms with Gasteiger partial charge in [-0.2, -0.15) is 0 Å². The van der Waals surface area contributed by atoms with Gasteiger partial charge in [-0.3, -0.25) is 4.79 Å². The second-order valence-electron chi connectivity index (χ2n) is 6.06. The molecule has 0 radical (unpaired) electrons. The van der Waals surface area contributed by atoms with E-state index in [0.717, 1.165) is 13.1 Å². The van der Waals surface area contributed by atoms with Gasteiger partial charge in [-0.15, -0.1) is 0 Å². The van der Waals surface area contributed by atoms with Crippen LogP contribution in [0.5, 0.6) is 0 Å². The summed E-state index contributed by atoms with van der Waals surface area (Å²) in [5.41, 5.74) is 0.699. The Hall–Kier alpha value is -1.46. The van der Waals surface area contributed by atoms with Crippen molar-refractivity contribution in [1.29, 1.82) is 0 Å². The minimum atomic E-state index is -0.313. The minimum absolute atomic E-state index is 0.0969. The van der Waals surface area contributed by atoms with Crippen molar-refractivity contribution in [3.8, 4) is 0 Å². The van der Waals surface area contributed by atoms with Crippen LogP contribution in [0, 0.1) is 11.2 Å². The van der Waals surface area contributed by atoms with E-state index >= 15 is 0 Å². The predicted molar refractivity (Wildman–Crippen MR) is 80.2 cm³/mol. The highest BCUT2D eigenvalue weighted by Crippen LogP contribution is 2.14. The average Bonchev–Trinajstić information content (AvgIpc) is 2.30. The number of nitrogens with one attached hydrogen (secondary N) is 2. The summed E-state index contributed by atoms with van der Waals surface area (Å²) in [5, 5.41) is 5.87. The molecule has 20 heavy (non-hydrogen) atoms. The molecule has 0 atom stereocenters. The van der Waals surface area contributed by atoms with E-state index in [1.807, 2.05) is 14.1 Å². The maximum atomic E-state index is 12.7. The van der Waals surface area contributed by atoms with Gasteiger partial charge in [0, 0.05) is 18.8 Å². The van der Waals surface area contributed by atoms with Crippen LogP contribution < -0.4 is 10.6 Å². The summed E-state index contributed by atoms with van der Waals surface area (Å²) in [4.78, 5) is 13.9. The Morgan fingerprint density at radius 2 is 1.85 bits per heavy atom. The summed E-state index contributed by atoms with van der Waals surface area (Å²) in [6, 6.07) is 5.74. The van der Waals surface area contributed by atoms with Crippen LogP contribution in [0.2, 0.25) is 0 Å². The van der Waals surface area contributed by atoms with Gasteiger partial charge in [-0.1, -0.05) is 13.8 Å². The average molecular weight is 281 g/mol. The van der Waals surface area contributed by atoms with Gasteiger partial charge in [0.15, 0.2) is 0 Å². The number of nitrogens with zero attached hydrogens (tertiary/aromatic N) is 1. The first kappa shape index (κ1) is 16.6. The van der Waals surface area contributed by atoms with Crippen molar-refractivity contribution in [2.75, 3.05) is 39.0 Å². The Bertz CT molecular complexity index is 429. The highest BCUT2D eigenvalue weighted by molar-refractivity contribution is 5.92. The fourth-order valence-corrected chi connectivity index (χ4v) is 2.16. The smallest absolute Gasteiger partial charge is 0.238 e. The van der Waals surface area contributed by atoms with Crippen molar-refractivity contribution < 1.29 is 9.18 Å². The van der Waals surface area contributed by atoms with Crippen LogP contribution in [0.15, 0.2) is 24.3 Å². The van der Waals surface area contributed by atoms with Crippen LogP contribution in [0.1, 0.15) is 13.8 Å². The van der Waals surface area contributed by atoms with Gasteiger partial charge >= 0.3 is 0 Å². The van der Waals surface area contributed by atoms with E-state index in [9.17, 15) is 9.18 Å². The fraction of sp³-hybridized carbons (Fsp3) is 0.533. The highest BCUT2D eigenvalue weighted by Gasteiger charge is 2.18. The van der Waals surface area contributed by atoms with Crippen LogP contribution in [0.25, 0.3) is 0 Å². The third-order valence-corrected chi connectivity index (χ3v) is 2.76. The van der Waals surface area contributed by atoms with Gasteiger partial charge in [0.05, 0.1) is 6.54 Å². The Kier molecular flexibility index (Phi) is 6.10. The first-order valence-electron chi connectivity index (χ1n) is 6.69. The van der Waals surface area contributed by atoms with E-state index in [4.69, 9.17) is 0 Å². The Morgan fingerprint density at radius 1 is 1.25 bits per heavy atom. The molecule has 0 aromatic heterocycles. The summed E-state index contributed by atoms with van der Waals surface area (Å²) >= 11 is 0. The zero-order chi connectivity index (χ0) is 15.2. The second kappa shape index (κ2) is 7.36. The van der Waals surface area contributed by atoms with Crippen molar-refractivity contribution in [3.63, 3.8) is 0 Å². The maximum Gasteiger partial charge on any atom is 0.238 e. The molecule has 5 heteroatoms. The molecule has 0 saturated carbocycles. The molecule has 0 spiro atoms. The molecule has 0 unspecified atom stereocenters. The minimum Gasteiger partial charge on any atom is -0.325 e. The van der Waals surface area contributed by atoms with E-state index in [1.165, 1.54) is 12.1 Å². The number of carbonyl (C=O) groups excluding carboxylic acids is 1. The first-order valence-corrected chi connectivity index (χ1v) is 6.69. The van der Waals surface area contributed by atoms with E-state index in [0.29, 0.717) is 5.69 Å². The largest absolute Gasteiger partial charge is 0.325 e. The monoisotopic (exact) mass is 281 g/mol. The van der Waals surface area contributed by atoms with Crippen molar-refractivity contribution in [2.24, 2.45) is 5.41 Å². The van der Waals surface area contributed by atoms with Gasteiger partial charge in [0.2, 0.25) is 5.91 Å². The normalized spacial score (nSPS) is 11.7. The number of anilines is 1. The Labute approximate surface area is 120 Å². The van der Waals surface area contributed by atoms with E-state index < -0.39 is 0 Å². The van der Waals surface area contributed by atoms with Gasteiger partial charge in [0.1, 0.15) is 5.82 Å². The third-order valence-electron chi connectivity index (χ3n) is 2.76. The number of rotatable bonds is 7. The molecule has 1 rings (SSSR count). The zero-order valence-electron chi connectivity index (χ0n) is 12.7. The van der Waals surface area contributed by atoms with Crippen LogP contribution in [0.4, 0.5) is 10.1 Å². The highest BCUT2D eigenvalue weighted by atomic mass is 19.1. The summed E-state index contributed by atoms with van der Waals surface area (Å²) in [6.07, 6.45) is 0. The number of benzene rings is 1. The van der Waals surface area contributed by atoms with Crippen LogP contribution >= 0.6 is 0 Å². The van der Waals surface area contributed by atoms with Crippen molar-refractivity contribution in [1.82, 2.24) is 10.2 Å². The lowest BCUT2D eigenvalue weighted by Crippen LogP contribution is -2.40. The van der Waals surface area contributed by atoms with Gasteiger partial charge < -0.3 is 15.5 Å². The molecule has 4 nitrogen and oxygen atoms in total. The van der Waals surface area contributed by atoms with E-state index in [-0.39, 0.29) is 23.7 Å². The first-order chi connectivity index (χ1) is 9.28. The quantitative estimate of drug-likeness (QED) is 0.803. The van der Waals surface area contributed by atoms with Crippen molar-refractivity contribution in [2.45, 2.75) is 13.8 Å². The Balaban J connectivity index is 2.31. The molecule has 0 fully saturated rings. The van der Waals surface area contributed by atoms with E-state index in [2.05, 4.69) is 29.4 Å². The summed E-state index contributed by atoms with van der Waals surface area (Å²) in [7, 11) is 4.06. The molecule has 0 heterocycles. The summed E-state index contributed by atoms with van der Waals surface area (Å²) < 4.78 is 12.7. The number of amides is 1. The fourth-order valence-electron chi connectivity index (χ4n) is 2.16. The molecule has 0 saturated heterocycles. The molecule has 1 amide bonds. The maximum absolute atomic E-state index is 12.7. The van der Waals surface area contributed by atoms with Crippen LogP contribution in [0.3, 0.4) is 0 Å². The van der Waals surface area contributed by atoms with E-state index in [1.54, 1.807) is 12.1 Å². The van der Waals surface area contributed by atoms with Crippen LogP contribution in [-0.2, 0) is 4.79 Å². The number of halogens is 1. The molecule has 0 aliphatic carbocycles.